The fraction of sp³-hybridized carbons (Fsp3) is 0.316. The minimum atomic E-state index is -1.09. The summed E-state index contributed by atoms with van der Waals surface area (Å²) in [6.07, 6.45) is 2.02. The van der Waals surface area contributed by atoms with Crippen LogP contribution >= 0.6 is 0 Å². The minimum absolute atomic E-state index is 0.482. The average molecular weight is 277 g/mol. The van der Waals surface area contributed by atoms with E-state index in [0.717, 1.165) is 17.5 Å². The highest BCUT2D eigenvalue weighted by atomic mass is 16.3. The lowest BCUT2D eigenvalue weighted by molar-refractivity contribution is 0.00118. The van der Waals surface area contributed by atoms with E-state index >= 15 is 0 Å². The number of hydrogen-bond donors (Lipinski definition) is 1. The summed E-state index contributed by atoms with van der Waals surface area (Å²) in [6, 6.07) is 20.3. The predicted molar refractivity (Wildman–Crippen MR) is 82.8 cm³/mol. The summed E-state index contributed by atoms with van der Waals surface area (Å²) < 4.78 is 0. The molecule has 0 heterocycles. The summed E-state index contributed by atoms with van der Waals surface area (Å²) in [5.41, 5.74) is 1.33. The molecule has 1 N–H and O–H groups in total. The van der Waals surface area contributed by atoms with Gasteiger partial charge in [-0.15, -0.1) is 0 Å². The summed E-state index contributed by atoms with van der Waals surface area (Å²) in [7, 11) is 0. The molecule has 0 spiro atoms. The zero-order valence-electron chi connectivity index (χ0n) is 12.2. The molecule has 2 heteroatoms. The van der Waals surface area contributed by atoms with Crippen molar-refractivity contribution in [2.24, 2.45) is 0 Å². The molecule has 0 amide bonds. The number of benzene rings is 2. The summed E-state index contributed by atoms with van der Waals surface area (Å²) in [5.74, 6) is 0. The molecule has 2 unspecified atom stereocenters. The molecule has 2 aromatic carbocycles. The lowest BCUT2D eigenvalue weighted by Crippen LogP contribution is -2.49. The van der Waals surface area contributed by atoms with E-state index < -0.39 is 11.0 Å². The molecular formula is C19H19NO. The number of aryl methyl sites for hydroxylation is 1. The van der Waals surface area contributed by atoms with Crippen LogP contribution in [0.5, 0.6) is 0 Å². The zero-order chi connectivity index (χ0) is 14.9. The number of aliphatic hydroxyl groups is 1. The Morgan fingerprint density at radius 2 is 1.81 bits per heavy atom. The Hall–Kier alpha value is -2.11. The van der Waals surface area contributed by atoms with Gasteiger partial charge in [0.25, 0.3) is 0 Å². The van der Waals surface area contributed by atoms with Crippen LogP contribution in [0.25, 0.3) is 0 Å². The maximum Gasteiger partial charge on any atom is 0.111 e. The van der Waals surface area contributed by atoms with Gasteiger partial charge < -0.3 is 5.11 Å². The van der Waals surface area contributed by atoms with Crippen LogP contribution in [-0.4, -0.2) is 10.7 Å². The number of nitriles is 1. The van der Waals surface area contributed by atoms with Gasteiger partial charge in [-0.2, -0.15) is 5.26 Å². The Labute approximate surface area is 125 Å². The fourth-order valence-corrected chi connectivity index (χ4v) is 3.55. The predicted octanol–water partition coefficient (Wildman–Crippen LogP) is 3.39. The number of fused-ring (bicyclic) bond motifs is 1. The van der Waals surface area contributed by atoms with Gasteiger partial charge >= 0.3 is 0 Å². The fourth-order valence-electron chi connectivity index (χ4n) is 3.55. The van der Waals surface area contributed by atoms with Gasteiger partial charge in [-0.25, -0.2) is 0 Å². The largest absolute Gasteiger partial charge is 0.388 e. The molecular weight excluding hydrogens is 258 g/mol. The molecule has 0 radical (unpaired) electrons. The van der Waals surface area contributed by atoms with E-state index in [1.165, 1.54) is 5.56 Å². The van der Waals surface area contributed by atoms with E-state index in [-0.39, 0.29) is 0 Å². The first-order valence-corrected chi connectivity index (χ1v) is 7.35. The van der Waals surface area contributed by atoms with Gasteiger partial charge in [0.05, 0.1) is 11.7 Å². The first kappa shape index (κ1) is 13.9. The minimum Gasteiger partial charge on any atom is -0.388 e. The third-order valence-corrected chi connectivity index (χ3v) is 4.75. The third-order valence-electron chi connectivity index (χ3n) is 4.75. The molecule has 106 valence electrons. The van der Waals surface area contributed by atoms with Crippen LogP contribution in [-0.2, 0) is 18.3 Å². The molecule has 2 atom stereocenters. The molecule has 0 aromatic heterocycles. The molecule has 1 aliphatic rings. The Morgan fingerprint density at radius 3 is 2.52 bits per heavy atom. The van der Waals surface area contributed by atoms with Gasteiger partial charge in [-0.05, 0) is 36.5 Å². The summed E-state index contributed by atoms with van der Waals surface area (Å²) in [4.78, 5) is 0. The average Bonchev–Trinajstić information content (AvgIpc) is 2.88. The molecule has 0 bridgehead atoms. The Balaban J connectivity index is 2.03. The third kappa shape index (κ3) is 2.14. The quantitative estimate of drug-likeness (QED) is 0.934. The molecule has 1 aliphatic carbocycles. The molecule has 2 nitrogen and oxygen atoms in total. The monoisotopic (exact) mass is 277 g/mol. The molecule has 0 fully saturated rings. The molecule has 0 aliphatic heterocycles. The second kappa shape index (κ2) is 5.02. The van der Waals surface area contributed by atoms with Crippen molar-refractivity contribution >= 4 is 0 Å². The van der Waals surface area contributed by atoms with Crippen molar-refractivity contribution in [2.75, 3.05) is 0 Å². The molecule has 0 saturated carbocycles. The van der Waals surface area contributed by atoms with E-state index in [9.17, 15) is 10.4 Å². The van der Waals surface area contributed by atoms with Crippen LogP contribution in [0, 0.1) is 11.3 Å². The van der Waals surface area contributed by atoms with Crippen molar-refractivity contribution < 1.29 is 5.11 Å². The van der Waals surface area contributed by atoms with E-state index in [4.69, 9.17) is 0 Å². The van der Waals surface area contributed by atoms with E-state index in [0.29, 0.717) is 12.8 Å². The van der Waals surface area contributed by atoms with Gasteiger partial charge in [0, 0.05) is 6.42 Å². The van der Waals surface area contributed by atoms with E-state index in [1.807, 2.05) is 48.5 Å². The standard InChI is InChI=1S/C19H19NO/c1-18(21,13-15-7-3-2-4-8-15)19(14-20)12-11-16-9-5-6-10-17(16)19/h2-10,21H,11-13H2,1H3. The van der Waals surface area contributed by atoms with Crippen LogP contribution < -0.4 is 0 Å². The number of rotatable bonds is 3. The summed E-state index contributed by atoms with van der Waals surface area (Å²) in [5, 5.41) is 21.0. The van der Waals surface area contributed by atoms with Crippen molar-refractivity contribution in [2.45, 2.75) is 37.2 Å². The SMILES string of the molecule is CC(O)(Cc1ccccc1)C1(C#N)CCc2ccccc21. The van der Waals surface area contributed by atoms with E-state index in [1.54, 1.807) is 6.92 Å². The van der Waals surface area contributed by atoms with Gasteiger partial charge in [-0.1, -0.05) is 54.6 Å². The van der Waals surface area contributed by atoms with Gasteiger partial charge in [0.1, 0.15) is 5.41 Å². The van der Waals surface area contributed by atoms with Crippen molar-refractivity contribution in [3.63, 3.8) is 0 Å². The highest BCUT2D eigenvalue weighted by molar-refractivity contribution is 5.47. The Bertz CT molecular complexity index is 684. The highest BCUT2D eigenvalue weighted by Crippen LogP contribution is 2.47. The normalized spacial score (nSPS) is 23.1. The Kier molecular flexibility index (Phi) is 3.31. The zero-order valence-corrected chi connectivity index (χ0v) is 12.2. The molecule has 0 saturated heterocycles. The van der Waals surface area contributed by atoms with Crippen LogP contribution in [0.4, 0.5) is 0 Å². The van der Waals surface area contributed by atoms with Crippen molar-refractivity contribution in [1.82, 2.24) is 0 Å². The Morgan fingerprint density at radius 1 is 1.14 bits per heavy atom. The van der Waals surface area contributed by atoms with Crippen molar-refractivity contribution in [3.8, 4) is 6.07 Å². The maximum absolute atomic E-state index is 11.1. The van der Waals surface area contributed by atoms with Gasteiger partial charge in [0.15, 0.2) is 0 Å². The van der Waals surface area contributed by atoms with Crippen LogP contribution in [0.1, 0.15) is 30.0 Å². The van der Waals surface area contributed by atoms with Crippen molar-refractivity contribution in [3.05, 3.63) is 71.3 Å². The first-order chi connectivity index (χ1) is 10.1. The lowest BCUT2D eigenvalue weighted by atomic mass is 9.67. The van der Waals surface area contributed by atoms with E-state index in [2.05, 4.69) is 12.1 Å². The summed E-state index contributed by atoms with van der Waals surface area (Å²) >= 11 is 0. The number of nitrogens with zero attached hydrogens (tertiary/aromatic N) is 1. The topological polar surface area (TPSA) is 44.0 Å². The van der Waals surface area contributed by atoms with Gasteiger partial charge in [-0.3, -0.25) is 0 Å². The lowest BCUT2D eigenvalue weighted by Gasteiger charge is -2.38. The number of hydrogen-bond acceptors (Lipinski definition) is 2. The smallest absolute Gasteiger partial charge is 0.111 e. The summed E-state index contributed by atoms with van der Waals surface area (Å²) in [6.45, 7) is 1.80. The molecule has 2 aromatic rings. The van der Waals surface area contributed by atoms with Crippen LogP contribution in [0.15, 0.2) is 54.6 Å². The van der Waals surface area contributed by atoms with Gasteiger partial charge in [0.2, 0.25) is 0 Å². The first-order valence-electron chi connectivity index (χ1n) is 7.35. The second-order valence-electron chi connectivity index (χ2n) is 6.11. The molecule has 21 heavy (non-hydrogen) atoms. The molecule has 3 rings (SSSR count). The maximum atomic E-state index is 11.1. The van der Waals surface area contributed by atoms with Crippen molar-refractivity contribution in [1.29, 1.82) is 5.26 Å². The second-order valence-corrected chi connectivity index (χ2v) is 6.11. The highest BCUT2D eigenvalue weighted by Gasteiger charge is 2.52. The van der Waals surface area contributed by atoms with Crippen LogP contribution in [0.3, 0.4) is 0 Å². The van der Waals surface area contributed by atoms with Crippen LogP contribution in [0.2, 0.25) is 0 Å².